The lowest BCUT2D eigenvalue weighted by atomic mass is 9.60. The van der Waals surface area contributed by atoms with Crippen LogP contribution in [-0.4, -0.2) is 33.0 Å². The maximum Gasteiger partial charge on any atom is 0.329 e. The second kappa shape index (κ2) is 5.36. The third-order valence-electron chi connectivity index (χ3n) is 3.91. The van der Waals surface area contributed by atoms with Gasteiger partial charge in [0.15, 0.2) is 0 Å². The first-order valence-electron chi connectivity index (χ1n) is 6.43. The van der Waals surface area contributed by atoms with Gasteiger partial charge in [0, 0.05) is 17.1 Å². The average molecular weight is 266 g/mol. The van der Waals surface area contributed by atoms with Gasteiger partial charge in [-0.2, -0.15) is 0 Å². The molecule has 4 nitrogen and oxygen atoms in total. The average Bonchev–Trinajstić information content (AvgIpc) is 2.21. The summed E-state index contributed by atoms with van der Waals surface area (Å²) in [5, 5.41) is 29.2. The van der Waals surface area contributed by atoms with Gasteiger partial charge in [-0.25, -0.2) is 4.79 Å². The van der Waals surface area contributed by atoms with Crippen molar-refractivity contribution in [2.45, 2.75) is 52.2 Å². The molecule has 0 saturated heterocycles. The van der Waals surface area contributed by atoms with E-state index >= 15 is 0 Å². The summed E-state index contributed by atoms with van der Waals surface area (Å²) in [5.74, 6) is 4.33. The Labute approximate surface area is 114 Å². The van der Waals surface area contributed by atoms with Gasteiger partial charge in [-0.3, -0.25) is 0 Å². The van der Waals surface area contributed by atoms with Gasteiger partial charge in [-0.1, -0.05) is 32.6 Å². The minimum absolute atomic E-state index is 0.170. The molecule has 0 aromatic rings. The quantitative estimate of drug-likeness (QED) is 0.497. The minimum atomic E-state index is -1.22. The van der Waals surface area contributed by atoms with E-state index in [1.54, 1.807) is 6.92 Å². The zero-order valence-electron chi connectivity index (χ0n) is 11.9. The molecule has 1 fully saturated rings. The molecule has 0 bridgehead atoms. The van der Waals surface area contributed by atoms with E-state index in [1.807, 2.05) is 20.8 Å². The van der Waals surface area contributed by atoms with E-state index in [-0.39, 0.29) is 5.92 Å². The van der Waals surface area contributed by atoms with E-state index in [9.17, 15) is 15.0 Å². The van der Waals surface area contributed by atoms with Crippen LogP contribution in [0.4, 0.5) is 0 Å². The molecule has 19 heavy (non-hydrogen) atoms. The summed E-state index contributed by atoms with van der Waals surface area (Å²) in [6, 6.07) is 0. The lowest BCUT2D eigenvalue weighted by Crippen LogP contribution is -2.54. The van der Waals surface area contributed by atoms with Crippen LogP contribution in [0.25, 0.3) is 0 Å². The topological polar surface area (TPSA) is 77.8 Å². The molecule has 4 heteroatoms. The number of aliphatic hydroxyl groups is 2. The van der Waals surface area contributed by atoms with E-state index in [0.717, 1.165) is 6.08 Å². The van der Waals surface area contributed by atoms with Gasteiger partial charge in [-0.05, 0) is 25.7 Å². The Hall–Kier alpha value is -1.31. The second-order valence-electron chi connectivity index (χ2n) is 6.06. The summed E-state index contributed by atoms with van der Waals surface area (Å²) in [6.07, 6.45) is 1.56. The monoisotopic (exact) mass is 266 g/mol. The molecule has 0 aromatic carbocycles. The fourth-order valence-electron chi connectivity index (χ4n) is 2.78. The molecule has 0 aromatic heterocycles. The standard InChI is InChI=1S/C15H22O4/c1-10(7-13(17)18)5-6-15(19)11(2)8-12(16)9-14(15,3)4/h7,11-12,16,19H,8-9H2,1-4H3,(H,17,18)/b10-7-. The number of hydrogen-bond acceptors (Lipinski definition) is 3. The van der Waals surface area contributed by atoms with Crippen molar-refractivity contribution in [3.63, 3.8) is 0 Å². The third kappa shape index (κ3) is 3.37. The van der Waals surface area contributed by atoms with Crippen molar-refractivity contribution in [1.82, 2.24) is 0 Å². The molecule has 0 aliphatic heterocycles. The summed E-state index contributed by atoms with van der Waals surface area (Å²) in [4.78, 5) is 10.5. The van der Waals surface area contributed by atoms with Crippen LogP contribution in [0.1, 0.15) is 40.5 Å². The van der Waals surface area contributed by atoms with Crippen molar-refractivity contribution >= 4 is 5.97 Å². The van der Waals surface area contributed by atoms with Crippen LogP contribution in [0.15, 0.2) is 11.6 Å². The Morgan fingerprint density at radius 2 is 2.00 bits per heavy atom. The zero-order valence-corrected chi connectivity index (χ0v) is 11.9. The number of carbonyl (C=O) groups is 1. The lowest BCUT2D eigenvalue weighted by molar-refractivity contribution is -0.131. The summed E-state index contributed by atoms with van der Waals surface area (Å²) >= 11 is 0. The largest absolute Gasteiger partial charge is 0.478 e. The summed E-state index contributed by atoms with van der Waals surface area (Å²) in [6.45, 7) is 7.20. The molecule has 0 heterocycles. The van der Waals surface area contributed by atoms with Gasteiger partial charge in [-0.15, -0.1) is 0 Å². The highest BCUT2D eigenvalue weighted by Gasteiger charge is 2.51. The molecular weight excluding hydrogens is 244 g/mol. The number of hydrogen-bond donors (Lipinski definition) is 3. The van der Waals surface area contributed by atoms with Crippen molar-refractivity contribution < 1.29 is 20.1 Å². The number of rotatable bonds is 1. The SMILES string of the molecule is C/C(C#CC1(O)C(C)CC(O)CC1(C)C)=C/C(=O)O. The number of aliphatic carboxylic acids is 1. The fourth-order valence-corrected chi connectivity index (χ4v) is 2.78. The lowest BCUT2D eigenvalue weighted by Gasteiger charge is -2.48. The first-order chi connectivity index (χ1) is 8.58. The van der Waals surface area contributed by atoms with Crippen LogP contribution in [-0.2, 0) is 4.79 Å². The predicted molar refractivity (Wildman–Crippen MR) is 72.3 cm³/mol. The first-order valence-corrected chi connectivity index (χ1v) is 6.43. The smallest absolute Gasteiger partial charge is 0.329 e. The van der Waals surface area contributed by atoms with Gasteiger partial charge < -0.3 is 15.3 Å². The Bertz CT molecular complexity index is 453. The maximum atomic E-state index is 10.8. The Kier molecular flexibility index (Phi) is 4.44. The normalized spacial score (nSPS) is 34.3. The van der Waals surface area contributed by atoms with Crippen molar-refractivity contribution in [2.75, 3.05) is 0 Å². The highest BCUT2D eigenvalue weighted by Crippen LogP contribution is 2.46. The van der Waals surface area contributed by atoms with Crippen molar-refractivity contribution in [3.05, 3.63) is 11.6 Å². The van der Waals surface area contributed by atoms with Crippen LogP contribution < -0.4 is 0 Å². The second-order valence-corrected chi connectivity index (χ2v) is 6.06. The molecule has 0 spiro atoms. The molecule has 1 aliphatic rings. The number of allylic oxidation sites excluding steroid dienone is 1. The summed E-state index contributed by atoms with van der Waals surface area (Å²) in [7, 11) is 0. The highest BCUT2D eigenvalue weighted by molar-refractivity contribution is 5.81. The van der Waals surface area contributed by atoms with Gasteiger partial charge in [0.2, 0.25) is 0 Å². The molecule has 1 saturated carbocycles. The molecule has 0 radical (unpaired) electrons. The zero-order chi connectivity index (χ0) is 14.8. The molecule has 1 rings (SSSR count). The van der Waals surface area contributed by atoms with Crippen LogP contribution in [0, 0.1) is 23.2 Å². The van der Waals surface area contributed by atoms with Gasteiger partial charge in [0.25, 0.3) is 0 Å². The Balaban J connectivity index is 3.08. The van der Waals surface area contributed by atoms with Crippen molar-refractivity contribution in [3.8, 4) is 11.8 Å². The first kappa shape index (κ1) is 15.7. The number of aliphatic hydroxyl groups excluding tert-OH is 1. The molecule has 3 atom stereocenters. The molecule has 1 aliphatic carbocycles. The predicted octanol–water partition coefficient (Wildman–Crippen LogP) is 1.57. The molecule has 0 amide bonds. The van der Waals surface area contributed by atoms with Gasteiger partial charge in [0.05, 0.1) is 6.10 Å². The van der Waals surface area contributed by atoms with Gasteiger partial charge >= 0.3 is 5.97 Å². The molecule has 106 valence electrons. The van der Waals surface area contributed by atoms with Crippen LogP contribution in [0.5, 0.6) is 0 Å². The van der Waals surface area contributed by atoms with E-state index in [1.165, 1.54) is 0 Å². The molecule has 3 unspecified atom stereocenters. The van der Waals surface area contributed by atoms with Crippen molar-refractivity contribution in [1.29, 1.82) is 0 Å². The van der Waals surface area contributed by atoms with Crippen LogP contribution >= 0.6 is 0 Å². The van der Waals surface area contributed by atoms with E-state index in [0.29, 0.717) is 18.4 Å². The van der Waals surface area contributed by atoms with Gasteiger partial charge in [0.1, 0.15) is 5.60 Å². The maximum absolute atomic E-state index is 10.8. The van der Waals surface area contributed by atoms with Crippen molar-refractivity contribution in [2.24, 2.45) is 11.3 Å². The molecular formula is C15H22O4. The van der Waals surface area contributed by atoms with E-state index in [4.69, 9.17) is 5.11 Å². The molecule has 3 N–H and O–H groups in total. The highest BCUT2D eigenvalue weighted by atomic mass is 16.4. The fraction of sp³-hybridized carbons (Fsp3) is 0.667. The Morgan fingerprint density at radius 1 is 1.42 bits per heavy atom. The van der Waals surface area contributed by atoms with E-state index in [2.05, 4.69) is 11.8 Å². The van der Waals surface area contributed by atoms with Crippen LogP contribution in [0.3, 0.4) is 0 Å². The van der Waals surface area contributed by atoms with E-state index < -0.39 is 23.1 Å². The number of carboxylic acids is 1. The summed E-state index contributed by atoms with van der Waals surface area (Å²) < 4.78 is 0. The Morgan fingerprint density at radius 3 is 2.47 bits per heavy atom. The summed E-state index contributed by atoms with van der Waals surface area (Å²) in [5.41, 5.74) is -1.37. The number of carboxylic acid groups (broad SMARTS) is 1. The van der Waals surface area contributed by atoms with Crippen LogP contribution in [0.2, 0.25) is 0 Å². The minimum Gasteiger partial charge on any atom is -0.478 e. The third-order valence-corrected chi connectivity index (χ3v) is 3.91.